The molecule has 1 fully saturated rings. The minimum absolute atomic E-state index is 0.0478. The molecule has 1 aliphatic heterocycles. The Bertz CT molecular complexity index is 619. The van der Waals surface area contributed by atoms with E-state index in [0.29, 0.717) is 25.2 Å². The fourth-order valence-corrected chi connectivity index (χ4v) is 2.68. The average molecular weight is 314 g/mol. The Morgan fingerprint density at radius 3 is 2.96 bits per heavy atom. The lowest BCUT2D eigenvalue weighted by Gasteiger charge is -2.11. The van der Waals surface area contributed by atoms with Crippen molar-refractivity contribution in [3.63, 3.8) is 0 Å². The Labute approximate surface area is 136 Å². The second-order valence-corrected chi connectivity index (χ2v) is 5.73. The van der Waals surface area contributed by atoms with Crippen LogP contribution in [0, 0.1) is 0 Å². The molecular weight excluding hydrogens is 292 g/mol. The summed E-state index contributed by atoms with van der Waals surface area (Å²) >= 11 is 0. The number of rotatable bonds is 7. The van der Waals surface area contributed by atoms with Crippen molar-refractivity contribution in [2.75, 3.05) is 13.2 Å². The van der Waals surface area contributed by atoms with Gasteiger partial charge in [0, 0.05) is 25.3 Å². The molecule has 1 saturated heterocycles. The van der Waals surface area contributed by atoms with E-state index < -0.39 is 0 Å². The minimum Gasteiger partial charge on any atom is -0.468 e. The Hall–Kier alpha value is -2.11. The molecule has 1 aromatic heterocycles. The van der Waals surface area contributed by atoms with Crippen LogP contribution in [0.25, 0.3) is 0 Å². The Kier molecular flexibility index (Phi) is 5.45. The molecule has 23 heavy (non-hydrogen) atoms. The van der Waals surface area contributed by atoms with Crippen LogP contribution in [0.5, 0.6) is 0 Å². The highest BCUT2D eigenvalue weighted by Gasteiger charge is 2.16. The Morgan fingerprint density at radius 2 is 2.17 bits per heavy atom. The first-order chi connectivity index (χ1) is 11.3. The molecule has 0 spiro atoms. The van der Waals surface area contributed by atoms with Crippen LogP contribution in [0.1, 0.15) is 34.5 Å². The molecule has 0 aliphatic carbocycles. The van der Waals surface area contributed by atoms with Gasteiger partial charge in [-0.25, -0.2) is 0 Å². The van der Waals surface area contributed by atoms with Crippen molar-refractivity contribution < 1.29 is 13.9 Å². The summed E-state index contributed by atoms with van der Waals surface area (Å²) in [6, 6.07) is 11.5. The zero-order chi connectivity index (χ0) is 15.9. The number of furan rings is 1. The van der Waals surface area contributed by atoms with Gasteiger partial charge in [0.2, 0.25) is 0 Å². The molecule has 0 bridgehead atoms. The van der Waals surface area contributed by atoms with E-state index in [-0.39, 0.29) is 12.0 Å². The lowest BCUT2D eigenvalue weighted by Crippen LogP contribution is -2.31. The maximum absolute atomic E-state index is 12.2. The van der Waals surface area contributed by atoms with Crippen LogP contribution < -0.4 is 10.6 Å². The van der Waals surface area contributed by atoms with Crippen LogP contribution in [-0.4, -0.2) is 25.2 Å². The van der Waals surface area contributed by atoms with Crippen LogP contribution >= 0.6 is 0 Å². The van der Waals surface area contributed by atoms with E-state index in [9.17, 15) is 4.79 Å². The van der Waals surface area contributed by atoms with E-state index in [1.165, 1.54) is 0 Å². The third-order valence-corrected chi connectivity index (χ3v) is 3.91. The second-order valence-electron chi connectivity index (χ2n) is 5.73. The van der Waals surface area contributed by atoms with Gasteiger partial charge < -0.3 is 19.8 Å². The summed E-state index contributed by atoms with van der Waals surface area (Å²) < 4.78 is 10.8. The number of carbonyl (C=O) groups excluding carboxylic acids is 1. The molecule has 5 heteroatoms. The molecule has 2 aromatic rings. The van der Waals surface area contributed by atoms with Crippen molar-refractivity contribution in [2.24, 2.45) is 0 Å². The summed E-state index contributed by atoms with van der Waals surface area (Å²) in [4.78, 5) is 12.2. The molecule has 1 unspecified atom stereocenters. The molecule has 1 aromatic carbocycles. The van der Waals surface area contributed by atoms with E-state index in [0.717, 1.165) is 30.8 Å². The lowest BCUT2D eigenvalue weighted by molar-refractivity contribution is 0.0857. The third-order valence-electron chi connectivity index (χ3n) is 3.91. The van der Waals surface area contributed by atoms with Crippen LogP contribution in [-0.2, 0) is 17.8 Å². The van der Waals surface area contributed by atoms with Gasteiger partial charge in [-0.2, -0.15) is 0 Å². The quantitative estimate of drug-likeness (QED) is 0.824. The van der Waals surface area contributed by atoms with Crippen molar-refractivity contribution >= 4 is 5.91 Å². The first kappa shape index (κ1) is 15.8. The van der Waals surface area contributed by atoms with Gasteiger partial charge in [-0.05, 0) is 42.7 Å². The molecule has 3 rings (SSSR count). The van der Waals surface area contributed by atoms with Gasteiger partial charge in [-0.15, -0.1) is 0 Å². The van der Waals surface area contributed by atoms with Gasteiger partial charge in [-0.3, -0.25) is 4.79 Å². The number of ether oxygens (including phenoxy) is 1. The topological polar surface area (TPSA) is 63.5 Å². The first-order valence-electron chi connectivity index (χ1n) is 8.03. The van der Waals surface area contributed by atoms with Crippen LogP contribution in [0.3, 0.4) is 0 Å². The molecular formula is C18H22N2O3. The average Bonchev–Trinajstić information content (AvgIpc) is 3.26. The summed E-state index contributed by atoms with van der Waals surface area (Å²) in [6.45, 7) is 2.74. The fraction of sp³-hybridized carbons (Fsp3) is 0.389. The number of carbonyl (C=O) groups is 1. The molecule has 2 N–H and O–H groups in total. The van der Waals surface area contributed by atoms with Gasteiger partial charge >= 0.3 is 0 Å². The zero-order valence-corrected chi connectivity index (χ0v) is 13.1. The number of nitrogens with one attached hydrogen (secondary N) is 2. The van der Waals surface area contributed by atoms with Gasteiger partial charge in [0.1, 0.15) is 5.76 Å². The van der Waals surface area contributed by atoms with Crippen molar-refractivity contribution in [3.05, 3.63) is 59.5 Å². The largest absolute Gasteiger partial charge is 0.468 e. The number of amides is 1. The molecule has 1 aliphatic rings. The van der Waals surface area contributed by atoms with Gasteiger partial charge in [0.25, 0.3) is 5.91 Å². The summed E-state index contributed by atoms with van der Waals surface area (Å²) in [5.41, 5.74) is 1.75. The fourth-order valence-electron chi connectivity index (χ4n) is 2.68. The zero-order valence-electron chi connectivity index (χ0n) is 13.1. The first-order valence-corrected chi connectivity index (χ1v) is 8.03. The number of benzene rings is 1. The van der Waals surface area contributed by atoms with Crippen LogP contribution in [0.2, 0.25) is 0 Å². The summed E-state index contributed by atoms with van der Waals surface area (Å²) in [6.07, 6.45) is 3.93. The van der Waals surface area contributed by atoms with E-state index in [2.05, 4.69) is 10.6 Å². The van der Waals surface area contributed by atoms with Crippen molar-refractivity contribution in [3.8, 4) is 0 Å². The van der Waals surface area contributed by atoms with Gasteiger partial charge in [0.15, 0.2) is 0 Å². The second kappa shape index (κ2) is 7.94. The maximum Gasteiger partial charge on any atom is 0.251 e. The predicted molar refractivity (Wildman–Crippen MR) is 87.0 cm³/mol. The van der Waals surface area contributed by atoms with Crippen molar-refractivity contribution in [1.29, 1.82) is 0 Å². The van der Waals surface area contributed by atoms with E-state index in [4.69, 9.17) is 9.15 Å². The standard InChI is InChI=1S/C18H22N2O3/c21-18(20-13-17-7-3-9-23-17)15-5-1-4-14(10-15)11-19-12-16-6-2-8-22-16/h1-2,4-6,8,10,17,19H,3,7,9,11-13H2,(H,20,21). The SMILES string of the molecule is O=C(NCC1CCCO1)c1cccc(CNCc2ccco2)c1. The highest BCUT2D eigenvalue weighted by atomic mass is 16.5. The Morgan fingerprint density at radius 1 is 1.22 bits per heavy atom. The van der Waals surface area contributed by atoms with E-state index in [1.807, 2.05) is 36.4 Å². The minimum atomic E-state index is -0.0478. The predicted octanol–water partition coefficient (Wildman–Crippen LogP) is 2.48. The highest BCUT2D eigenvalue weighted by molar-refractivity contribution is 5.94. The molecule has 1 amide bonds. The van der Waals surface area contributed by atoms with Crippen LogP contribution in [0.4, 0.5) is 0 Å². The van der Waals surface area contributed by atoms with E-state index in [1.54, 1.807) is 6.26 Å². The Balaban J connectivity index is 1.48. The van der Waals surface area contributed by atoms with Crippen molar-refractivity contribution in [2.45, 2.75) is 32.0 Å². The molecule has 2 heterocycles. The summed E-state index contributed by atoms with van der Waals surface area (Å²) in [5.74, 6) is 0.851. The summed E-state index contributed by atoms with van der Waals surface area (Å²) in [7, 11) is 0. The molecule has 0 saturated carbocycles. The maximum atomic E-state index is 12.2. The monoisotopic (exact) mass is 314 g/mol. The molecule has 1 atom stereocenters. The third kappa shape index (κ3) is 4.68. The van der Waals surface area contributed by atoms with Gasteiger partial charge in [0.05, 0.1) is 18.9 Å². The summed E-state index contributed by atoms with van der Waals surface area (Å²) in [5, 5.41) is 6.25. The number of hydrogen-bond acceptors (Lipinski definition) is 4. The highest BCUT2D eigenvalue weighted by Crippen LogP contribution is 2.11. The molecule has 0 radical (unpaired) electrons. The van der Waals surface area contributed by atoms with Crippen molar-refractivity contribution in [1.82, 2.24) is 10.6 Å². The normalized spacial score (nSPS) is 17.3. The van der Waals surface area contributed by atoms with Crippen LogP contribution in [0.15, 0.2) is 47.1 Å². The molecule has 122 valence electrons. The molecule has 5 nitrogen and oxygen atoms in total. The number of hydrogen-bond donors (Lipinski definition) is 2. The smallest absolute Gasteiger partial charge is 0.251 e. The lowest BCUT2D eigenvalue weighted by atomic mass is 10.1. The van der Waals surface area contributed by atoms with Gasteiger partial charge in [-0.1, -0.05) is 12.1 Å². The van der Waals surface area contributed by atoms with E-state index >= 15 is 0 Å².